The van der Waals surface area contributed by atoms with Gasteiger partial charge >= 0.3 is 0 Å². The molecule has 2 aromatic rings. The van der Waals surface area contributed by atoms with Crippen LogP contribution in [-0.4, -0.2) is 20.9 Å². The second kappa shape index (κ2) is 5.32. The summed E-state index contributed by atoms with van der Waals surface area (Å²) in [6.07, 6.45) is 0.745. The molecule has 21 heavy (non-hydrogen) atoms. The monoisotopic (exact) mass is 342 g/mol. The number of benzene rings is 1. The number of sulfonamides is 1. The molecular weight excluding hydrogens is 332 g/mol. The Morgan fingerprint density at radius 3 is 2.76 bits per heavy atom. The third-order valence-electron chi connectivity index (χ3n) is 3.10. The summed E-state index contributed by atoms with van der Waals surface area (Å²) in [5.41, 5.74) is 1.78. The van der Waals surface area contributed by atoms with Crippen LogP contribution in [0.25, 0.3) is 0 Å². The number of thiophene rings is 1. The fourth-order valence-corrected chi connectivity index (χ4v) is 4.65. The molecule has 3 rings (SSSR count). The summed E-state index contributed by atoms with van der Waals surface area (Å²) < 4.78 is 27.4. The summed E-state index contributed by atoms with van der Waals surface area (Å²) in [6, 6.07) is 7.95. The van der Waals surface area contributed by atoms with Gasteiger partial charge in [-0.15, -0.1) is 11.3 Å². The lowest BCUT2D eigenvalue weighted by atomic mass is 10.00. The van der Waals surface area contributed by atoms with Gasteiger partial charge in [0.05, 0.1) is 4.34 Å². The first kappa shape index (κ1) is 14.4. The maximum atomic E-state index is 12.2. The van der Waals surface area contributed by atoms with E-state index in [1.807, 2.05) is 0 Å². The van der Waals surface area contributed by atoms with Gasteiger partial charge in [-0.1, -0.05) is 17.7 Å². The summed E-state index contributed by atoms with van der Waals surface area (Å²) in [5, 5.41) is 2.73. The Morgan fingerprint density at radius 2 is 2.05 bits per heavy atom. The highest BCUT2D eigenvalue weighted by molar-refractivity contribution is 7.94. The van der Waals surface area contributed by atoms with Gasteiger partial charge in [0.2, 0.25) is 0 Å². The minimum atomic E-state index is -3.68. The van der Waals surface area contributed by atoms with Crippen molar-refractivity contribution in [2.75, 3.05) is 11.3 Å². The number of nitrogens with one attached hydrogen (secondary N) is 2. The predicted molar refractivity (Wildman–Crippen MR) is 82.6 cm³/mol. The van der Waals surface area contributed by atoms with Gasteiger partial charge < -0.3 is 5.32 Å². The zero-order valence-electron chi connectivity index (χ0n) is 10.7. The Bertz CT molecular complexity index is 815. The van der Waals surface area contributed by atoms with Crippen LogP contribution >= 0.6 is 22.9 Å². The van der Waals surface area contributed by atoms with Crippen molar-refractivity contribution in [1.82, 2.24) is 5.32 Å². The molecule has 1 aliphatic rings. The van der Waals surface area contributed by atoms with E-state index in [1.54, 1.807) is 18.2 Å². The van der Waals surface area contributed by atoms with Crippen LogP contribution in [0.3, 0.4) is 0 Å². The molecule has 5 nitrogen and oxygen atoms in total. The molecule has 0 saturated heterocycles. The Labute approximate surface area is 131 Å². The van der Waals surface area contributed by atoms with Gasteiger partial charge in [0.1, 0.15) is 4.21 Å². The number of fused-ring (bicyclic) bond motifs is 1. The number of hydrogen-bond acceptors (Lipinski definition) is 4. The molecule has 0 aliphatic carbocycles. The SMILES string of the molecule is O=C1NCCc2ccc(NS(=O)(=O)c3ccc(Cl)s3)cc21. The molecule has 2 N–H and O–H groups in total. The minimum Gasteiger partial charge on any atom is -0.352 e. The van der Waals surface area contributed by atoms with Gasteiger partial charge in [0, 0.05) is 17.8 Å². The van der Waals surface area contributed by atoms with Gasteiger partial charge in [0.15, 0.2) is 0 Å². The lowest BCUT2D eigenvalue weighted by Gasteiger charge is -2.17. The molecule has 0 atom stereocenters. The zero-order chi connectivity index (χ0) is 15.0. The van der Waals surface area contributed by atoms with Crippen molar-refractivity contribution >= 4 is 44.6 Å². The van der Waals surface area contributed by atoms with Crippen molar-refractivity contribution in [3.05, 3.63) is 45.8 Å². The quantitative estimate of drug-likeness (QED) is 0.899. The van der Waals surface area contributed by atoms with E-state index in [1.165, 1.54) is 12.1 Å². The van der Waals surface area contributed by atoms with E-state index >= 15 is 0 Å². The van der Waals surface area contributed by atoms with Gasteiger partial charge in [-0.25, -0.2) is 8.42 Å². The van der Waals surface area contributed by atoms with Gasteiger partial charge in [0.25, 0.3) is 15.9 Å². The largest absolute Gasteiger partial charge is 0.352 e. The molecular formula is C13H11ClN2O3S2. The lowest BCUT2D eigenvalue weighted by Crippen LogP contribution is -2.31. The van der Waals surface area contributed by atoms with Crippen molar-refractivity contribution in [1.29, 1.82) is 0 Å². The predicted octanol–water partition coefficient (Wildman–Crippen LogP) is 2.49. The van der Waals surface area contributed by atoms with E-state index in [4.69, 9.17) is 11.6 Å². The molecule has 1 aliphatic heterocycles. The fraction of sp³-hybridized carbons (Fsp3) is 0.154. The van der Waals surface area contributed by atoms with Crippen molar-refractivity contribution in [2.45, 2.75) is 10.6 Å². The Kier molecular flexibility index (Phi) is 3.64. The molecule has 110 valence electrons. The first-order chi connectivity index (χ1) is 9.95. The average molecular weight is 343 g/mol. The highest BCUT2D eigenvalue weighted by atomic mass is 35.5. The second-order valence-corrected chi connectivity index (χ2v) is 8.17. The Balaban J connectivity index is 1.92. The van der Waals surface area contributed by atoms with E-state index in [2.05, 4.69) is 10.0 Å². The van der Waals surface area contributed by atoms with E-state index < -0.39 is 10.0 Å². The average Bonchev–Trinajstić information content (AvgIpc) is 2.87. The molecule has 0 bridgehead atoms. The first-order valence-corrected chi connectivity index (χ1v) is 8.83. The van der Waals surface area contributed by atoms with Crippen LogP contribution in [0.5, 0.6) is 0 Å². The minimum absolute atomic E-state index is 0.134. The Hall–Kier alpha value is -1.57. The number of rotatable bonds is 3. The first-order valence-electron chi connectivity index (χ1n) is 6.15. The van der Waals surface area contributed by atoms with Crippen LogP contribution in [-0.2, 0) is 16.4 Å². The van der Waals surface area contributed by atoms with Crippen molar-refractivity contribution in [2.24, 2.45) is 0 Å². The van der Waals surface area contributed by atoms with Crippen molar-refractivity contribution in [3.8, 4) is 0 Å². The van der Waals surface area contributed by atoms with E-state index in [0.717, 1.165) is 23.3 Å². The smallest absolute Gasteiger partial charge is 0.271 e. The van der Waals surface area contributed by atoms with Gasteiger partial charge in [-0.2, -0.15) is 0 Å². The number of amides is 1. The Morgan fingerprint density at radius 1 is 1.24 bits per heavy atom. The summed E-state index contributed by atoms with van der Waals surface area (Å²) in [6.45, 7) is 0.602. The molecule has 1 aromatic carbocycles. The van der Waals surface area contributed by atoms with E-state index in [0.29, 0.717) is 22.1 Å². The topological polar surface area (TPSA) is 75.3 Å². The zero-order valence-corrected chi connectivity index (χ0v) is 13.1. The lowest BCUT2D eigenvalue weighted by molar-refractivity contribution is 0.0946. The third kappa shape index (κ3) is 2.90. The molecule has 0 radical (unpaired) electrons. The molecule has 0 fully saturated rings. The number of carbonyl (C=O) groups excluding carboxylic acids is 1. The number of anilines is 1. The highest BCUT2D eigenvalue weighted by Crippen LogP contribution is 2.28. The van der Waals surface area contributed by atoms with Gasteiger partial charge in [-0.05, 0) is 36.2 Å². The molecule has 1 aromatic heterocycles. The van der Waals surface area contributed by atoms with E-state index in [-0.39, 0.29) is 10.1 Å². The van der Waals surface area contributed by atoms with Crippen LogP contribution < -0.4 is 10.0 Å². The van der Waals surface area contributed by atoms with Crippen LogP contribution in [0, 0.1) is 0 Å². The van der Waals surface area contributed by atoms with E-state index in [9.17, 15) is 13.2 Å². The maximum Gasteiger partial charge on any atom is 0.271 e. The summed E-state index contributed by atoms with van der Waals surface area (Å²) in [7, 11) is -3.68. The van der Waals surface area contributed by atoms with Crippen LogP contribution in [0.4, 0.5) is 5.69 Å². The highest BCUT2D eigenvalue weighted by Gasteiger charge is 2.20. The number of halogens is 1. The summed E-state index contributed by atoms with van der Waals surface area (Å²) >= 11 is 6.74. The van der Waals surface area contributed by atoms with Crippen LogP contribution in [0.15, 0.2) is 34.5 Å². The maximum absolute atomic E-state index is 12.2. The van der Waals surface area contributed by atoms with Crippen molar-refractivity contribution < 1.29 is 13.2 Å². The fourth-order valence-electron chi connectivity index (χ4n) is 2.12. The third-order valence-corrected chi connectivity index (χ3v) is 6.20. The van der Waals surface area contributed by atoms with Crippen molar-refractivity contribution in [3.63, 3.8) is 0 Å². The molecule has 0 saturated carbocycles. The molecule has 2 heterocycles. The normalized spacial score (nSPS) is 14.4. The van der Waals surface area contributed by atoms with Crippen LogP contribution in [0.1, 0.15) is 15.9 Å². The standard InChI is InChI=1S/C13H11ClN2O3S2/c14-11-3-4-12(20-11)21(18,19)16-9-2-1-8-5-6-15-13(17)10(8)7-9/h1-4,7,16H,5-6H2,(H,15,17). The molecule has 8 heteroatoms. The molecule has 0 unspecified atom stereocenters. The summed E-state index contributed by atoms with van der Waals surface area (Å²) in [5.74, 6) is -0.184. The molecule has 1 amide bonds. The van der Waals surface area contributed by atoms with Crippen LogP contribution in [0.2, 0.25) is 4.34 Å². The number of carbonyl (C=O) groups is 1. The molecule has 0 spiro atoms. The van der Waals surface area contributed by atoms with Gasteiger partial charge in [-0.3, -0.25) is 9.52 Å². The second-order valence-electron chi connectivity index (χ2n) is 4.54. The summed E-state index contributed by atoms with van der Waals surface area (Å²) in [4.78, 5) is 11.8. The number of hydrogen-bond donors (Lipinski definition) is 2.